The van der Waals surface area contributed by atoms with E-state index in [4.69, 9.17) is 0 Å². The van der Waals surface area contributed by atoms with Crippen LogP contribution in [0.1, 0.15) is 25.8 Å². The van der Waals surface area contributed by atoms with Crippen molar-refractivity contribution in [2.45, 2.75) is 38.8 Å². The Bertz CT molecular complexity index is 273. The van der Waals surface area contributed by atoms with Gasteiger partial charge >= 0.3 is 0 Å². The van der Waals surface area contributed by atoms with Crippen molar-refractivity contribution in [2.75, 3.05) is 12.0 Å². The van der Waals surface area contributed by atoms with Crippen LogP contribution in [0.4, 0.5) is 0 Å². The van der Waals surface area contributed by atoms with Gasteiger partial charge in [-0.15, -0.1) is 0 Å². The summed E-state index contributed by atoms with van der Waals surface area (Å²) in [6.45, 7) is 4.52. The molecule has 16 heavy (non-hydrogen) atoms. The van der Waals surface area contributed by atoms with E-state index < -0.39 is 0 Å². The lowest BCUT2D eigenvalue weighted by molar-refractivity contribution is 0.453. The maximum atomic E-state index is 3.70. The van der Waals surface area contributed by atoms with E-state index >= 15 is 0 Å². The first kappa shape index (κ1) is 13.6. The van der Waals surface area contributed by atoms with Crippen molar-refractivity contribution in [3.8, 4) is 0 Å². The molecule has 2 atom stereocenters. The van der Waals surface area contributed by atoms with Crippen LogP contribution in [0.5, 0.6) is 0 Å². The van der Waals surface area contributed by atoms with Crippen molar-refractivity contribution in [3.05, 3.63) is 35.9 Å². The van der Waals surface area contributed by atoms with Crippen LogP contribution >= 0.6 is 11.8 Å². The summed E-state index contributed by atoms with van der Waals surface area (Å²) in [4.78, 5) is 0. The van der Waals surface area contributed by atoms with Crippen molar-refractivity contribution in [1.82, 2.24) is 5.32 Å². The molecule has 0 aliphatic heterocycles. The van der Waals surface area contributed by atoms with Gasteiger partial charge in [0.15, 0.2) is 0 Å². The summed E-state index contributed by atoms with van der Waals surface area (Å²) in [7, 11) is 0. The summed E-state index contributed by atoms with van der Waals surface area (Å²) in [5.74, 6) is 1.19. The van der Waals surface area contributed by atoms with Crippen molar-refractivity contribution in [1.29, 1.82) is 0 Å². The Morgan fingerprint density at radius 2 is 1.94 bits per heavy atom. The second kappa shape index (κ2) is 7.75. The van der Waals surface area contributed by atoms with Gasteiger partial charge in [0.1, 0.15) is 0 Å². The van der Waals surface area contributed by atoms with Crippen LogP contribution in [-0.4, -0.2) is 24.1 Å². The molecule has 0 aliphatic carbocycles. The van der Waals surface area contributed by atoms with E-state index in [0.717, 1.165) is 6.42 Å². The van der Waals surface area contributed by atoms with Crippen LogP contribution in [0.25, 0.3) is 0 Å². The Hall–Kier alpha value is -0.470. The Morgan fingerprint density at radius 3 is 2.50 bits per heavy atom. The van der Waals surface area contributed by atoms with Crippen LogP contribution in [-0.2, 0) is 6.42 Å². The number of rotatable bonds is 7. The summed E-state index contributed by atoms with van der Waals surface area (Å²) >= 11 is 1.91. The van der Waals surface area contributed by atoms with E-state index in [-0.39, 0.29) is 0 Å². The lowest BCUT2D eigenvalue weighted by Crippen LogP contribution is -2.38. The summed E-state index contributed by atoms with van der Waals surface area (Å²) in [6, 6.07) is 11.9. The molecule has 0 saturated heterocycles. The molecule has 0 heterocycles. The van der Waals surface area contributed by atoms with E-state index in [0.29, 0.717) is 12.1 Å². The van der Waals surface area contributed by atoms with Crippen LogP contribution in [0.3, 0.4) is 0 Å². The van der Waals surface area contributed by atoms with E-state index in [9.17, 15) is 0 Å². The number of hydrogen-bond acceptors (Lipinski definition) is 2. The first-order valence-corrected chi connectivity index (χ1v) is 7.44. The molecule has 0 aromatic heterocycles. The first-order valence-electron chi connectivity index (χ1n) is 6.05. The fourth-order valence-electron chi connectivity index (χ4n) is 1.92. The second-order valence-electron chi connectivity index (χ2n) is 4.32. The average Bonchev–Trinajstić information content (AvgIpc) is 2.30. The van der Waals surface area contributed by atoms with E-state index in [1.54, 1.807) is 0 Å². The molecule has 1 rings (SSSR count). The van der Waals surface area contributed by atoms with Gasteiger partial charge in [-0.25, -0.2) is 0 Å². The Morgan fingerprint density at radius 1 is 1.25 bits per heavy atom. The smallest absolute Gasteiger partial charge is 0.0132 e. The van der Waals surface area contributed by atoms with Crippen LogP contribution in [0.15, 0.2) is 30.3 Å². The lowest BCUT2D eigenvalue weighted by Gasteiger charge is -2.21. The molecular weight excluding hydrogens is 214 g/mol. The van der Waals surface area contributed by atoms with Crippen LogP contribution in [0, 0.1) is 0 Å². The van der Waals surface area contributed by atoms with Gasteiger partial charge in [-0.05, 0) is 31.6 Å². The molecule has 90 valence electrons. The SMILES string of the molecule is CCC(Cc1ccccc1)NC(C)CSC. The molecule has 1 N–H and O–H groups in total. The quantitative estimate of drug-likeness (QED) is 0.780. The molecule has 0 bridgehead atoms. The molecule has 1 nitrogen and oxygen atoms in total. The van der Waals surface area contributed by atoms with Gasteiger partial charge < -0.3 is 5.32 Å². The molecule has 0 amide bonds. The zero-order valence-corrected chi connectivity index (χ0v) is 11.4. The van der Waals surface area contributed by atoms with Crippen molar-refractivity contribution in [2.24, 2.45) is 0 Å². The maximum absolute atomic E-state index is 3.70. The minimum atomic E-state index is 0.601. The van der Waals surface area contributed by atoms with Gasteiger partial charge in [-0.1, -0.05) is 37.3 Å². The fraction of sp³-hybridized carbons (Fsp3) is 0.571. The second-order valence-corrected chi connectivity index (χ2v) is 5.23. The van der Waals surface area contributed by atoms with Gasteiger partial charge in [-0.3, -0.25) is 0 Å². The van der Waals surface area contributed by atoms with Gasteiger partial charge in [0.25, 0.3) is 0 Å². The highest BCUT2D eigenvalue weighted by atomic mass is 32.2. The standard InChI is InChI=1S/C14H23NS/c1-4-14(15-12(2)11-16-3)10-13-8-6-5-7-9-13/h5-9,12,14-15H,4,10-11H2,1-3H3. The zero-order chi connectivity index (χ0) is 11.8. The van der Waals surface area contributed by atoms with Crippen LogP contribution in [0.2, 0.25) is 0 Å². The van der Waals surface area contributed by atoms with Gasteiger partial charge in [-0.2, -0.15) is 11.8 Å². The molecule has 0 aliphatic rings. The highest BCUT2D eigenvalue weighted by Crippen LogP contribution is 2.07. The Labute approximate surface area is 104 Å². The molecule has 1 aromatic rings. The van der Waals surface area contributed by atoms with Crippen molar-refractivity contribution in [3.63, 3.8) is 0 Å². The van der Waals surface area contributed by atoms with Gasteiger partial charge in [0, 0.05) is 17.8 Å². The molecule has 0 spiro atoms. The summed E-state index contributed by atoms with van der Waals surface area (Å²) in [6.07, 6.45) is 4.49. The lowest BCUT2D eigenvalue weighted by atomic mass is 10.0. The fourth-order valence-corrected chi connectivity index (χ4v) is 2.52. The summed E-state index contributed by atoms with van der Waals surface area (Å²) < 4.78 is 0. The molecule has 0 radical (unpaired) electrons. The van der Waals surface area contributed by atoms with E-state index in [1.165, 1.54) is 17.7 Å². The third-order valence-corrected chi connectivity index (χ3v) is 3.59. The topological polar surface area (TPSA) is 12.0 Å². The van der Waals surface area contributed by atoms with E-state index in [1.807, 2.05) is 11.8 Å². The maximum Gasteiger partial charge on any atom is 0.0132 e. The molecule has 2 heteroatoms. The zero-order valence-electron chi connectivity index (χ0n) is 10.6. The highest BCUT2D eigenvalue weighted by molar-refractivity contribution is 7.98. The molecule has 2 unspecified atom stereocenters. The number of hydrogen-bond donors (Lipinski definition) is 1. The first-order chi connectivity index (χ1) is 7.76. The number of nitrogens with one attached hydrogen (secondary N) is 1. The molecule has 1 aromatic carbocycles. The van der Waals surface area contributed by atoms with Crippen molar-refractivity contribution < 1.29 is 0 Å². The van der Waals surface area contributed by atoms with Gasteiger partial charge in [0.05, 0.1) is 0 Å². The number of thioether (sulfide) groups is 1. The highest BCUT2D eigenvalue weighted by Gasteiger charge is 2.10. The summed E-state index contributed by atoms with van der Waals surface area (Å²) in [5.41, 5.74) is 1.43. The number of benzene rings is 1. The third kappa shape index (κ3) is 5.04. The van der Waals surface area contributed by atoms with Crippen molar-refractivity contribution >= 4 is 11.8 Å². The monoisotopic (exact) mass is 237 g/mol. The minimum absolute atomic E-state index is 0.601. The molecule has 0 fully saturated rings. The minimum Gasteiger partial charge on any atom is -0.310 e. The predicted molar refractivity (Wildman–Crippen MR) is 75.2 cm³/mol. The van der Waals surface area contributed by atoms with E-state index in [2.05, 4.69) is 55.8 Å². The van der Waals surface area contributed by atoms with Gasteiger partial charge in [0.2, 0.25) is 0 Å². The molecular formula is C14H23NS. The Kier molecular flexibility index (Phi) is 6.58. The predicted octanol–water partition coefficient (Wildman–Crippen LogP) is 3.35. The third-order valence-electron chi connectivity index (χ3n) is 2.75. The average molecular weight is 237 g/mol. The Balaban J connectivity index is 2.43. The normalized spacial score (nSPS) is 14.7. The summed E-state index contributed by atoms with van der Waals surface area (Å²) in [5, 5.41) is 3.70. The van der Waals surface area contributed by atoms with Crippen LogP contribution < -0.4 is 5.32 Å². The largest absolute Gasteiger partial charge is 0.310 e. The molecule has 0 saturated carbocycles.